The molecule has 0 aliphatic carbocycles. The Morgan fingerprint density at radius 1 is 0.931 bits per heavy atom. The Balaban J connectivity index is 2.16. The molecule has 2 aromatic carbocycles. The molecule has 0 aliphatic rings. The summed E-state index contributed by atoms with van der Waals surface area (Å²) in [5.74, 6) is 0.444. The Labute approximate surface area is 169 Å². The fourth-order valence-corrected chi connectivity index (χ4v) is 2.47. The normalized spacial score (nSPS) is 10.6. The van der Waals surface area contributed by atoms with Gasteiger partial charge in [-0.15, -0.1) is 0 Å². The van der Waals surface area contributed by atoms with E-state index >= 15 is 0 Å². The number of allylic oxidation sites excluding steroid dienone is 1. The van der Waals surface area contributed by atoms with Crippen molar-refractivity contribution in [1.82, 2.24) is 0 Å². The molecule has 0 aliphatic heterocycles. The van der Waals surface area contributed by atoms with Gasteiger partial charge >= 0.3 is 5.97 Å². The van der Waals surface area contributed by atoms with Crippen LogP contribution in [0.25, 0.3) is 6.08 Å². The van der Waals surface area contributed by atoms with Crippen molar-refractivity contribution in [3.8, 4) is 23.0 Å². The van der Waals surface area contributed by atoms with Gasteiger partial charge in [-0.1, -0.05) is 19.1 Å². The van der Waals surface area contributed by atoms with Crippen LogP contribution in [0.5, 0.6) is 23.0 Å². The van der Waals surface area contributed by atoms with Crippen molar-refractivity contribution >= 4 is 17.8 Å². The van der Waals surface area contributed by atoms with Crippen LogP contribution < -0.4 is 18.9 Å². The van der Waals surface area contributed by atoms with E-state index in [9.17, 15) is 9.59 Å². The van der Waals surface area contributed by atoms with Crippen LogP contribution in [0.4, 0.5) is 0 Å². The Kier molecular flexibility index (Phi) is 8.09. The quantitative estimate of drug-likeness (QED) is 0.452. The lowest BCUT2D eigenvalue weighted by molar-refractivity contribution is -0.139. The van der Waals surface area contributed by atoms with E-state index in [0.717, 1.165) is 12.0 Å². The number of aliphatic carboxylic acids is 1. The number of methoxy groups -OCH3 is 2. The highest BCUT2D eigenvalue weighted by molar-refractivity contribution is 6.07. The van der Waals surface area contributed by atoms with Crippen LogP contribution in [0.3, 0.4) is 0 Å². The lowest BCUT2D eigenvalue weighted by Crippen LogP contribution is -2.10. The third-order valence-corrected chi connectivity index (χ3v) is 3.88. The van der Waals surface area contributed by atoms with Gasteiger partial charge in [0.15, 0.2) is 35.4 Å². The summed E-state index contributed by atoms with van der Waals surface area (Å²) in [7, 11) is 2.99. The van der Waals surface area contributed by atoms with E-state index in [1.54, 1.807) is 25.3 Å². The van der Waals surface area contributed by atoms with Gasteiger partial charge in [0.25, 0.3) is 0 Å². The van der Waals surface area contributed by atoms with Crippen LogP contribution in [-0.2, 0) is 4.79 Å². The summed E-state index contributed by atoms with van der Waals surface area (Å²) in [6.45, 7) is 2.09. The van der Waals surface area contributed by atoms with E-state index in [1.165, 1.54) is 25.3 Å². The van der Waals surface area contributed by atoms with Gasteiger partial charge in [0.05, 0.1) is 20.8 Å². The predicted molar refractivity (Wildman–Crippen MR) is 108 cm³/mol. The van der Waals surface area contributed by atoms with Crippen LogP contribution >= 0.6 is 0 Å². The zero-order valence-corrected chi connectivity index (χ0v) is 16.6. The number of benzene rings is 2. The maximum Gasteiger partial charge on any atom is 0.341 e. The summed E-state index contributed by atoms with van der Waals surface area (Å²) in [5.41, 5.74) is 1.18. The molecule has 0 aromatic heterocycles. The van der Waals surface area contributed by atoms with Gasteiger partial charge in [-0.3, -0.25) is 4.79 Å². The van der Waals surface area contributed by atoms with E-state index < -0.39 is 12.6 Å². The number of carbonyl (C=O) groups excluding carboxylic acids is 1. The van der Waals surface area contributed by atoms with Crippen molar-refractivity contribution in [1.29, 1.82) is 0 Å². The Hall–Kier alpha value is -3.48. The molecule has 1 N–H and O–H groups in total. The summed E-state index contributed by atoms with van der Waals surface area (Å²) in [6, 6.07) is 9.98. The number of carboxylic acid groups (broad SMARTS) is 1. The van der Waals surface area contributed by atoms with E-state index in [-0.39, 0.29) is 17.3 Å². The number of ether oxygens (including phenoxy) is 4. The highest BCUT2D eigenvalue weighted by Gasteiger charge is 2.11. The molecule has 0 saturated carbocycles. The second-order valence-electron chi connectivity index (χ2n) is 6.00. The van der Waals surface area contributed by atoms with E-state index in [1.807, 2.05) is 19.1 Å². The first-order valence-corrected chi connectivity index (χ1v) is 9.04. The standard InChI is InChI=1S/C22H24O7/c1-4-11-28-21-12-15(6-9-18(21)26-2)5-8-17(23)16-7-10-19(20(13-16)27-3)29-14-22(24)25/h5-10,12-13H,4,11,14H2,1-3H3,(H,24,25)/b8-5+. The van der Waals surface area contributed by atoms with Crippen molar-refractivity contribution < 1.29 is 33.6 Å². The average molecular weight is 400 g/mol. The molecular formula is C22H24O7. The monoisotopic (exact) mass is 400 g/mol. The van der Waals surface area contributed by atoms with Crippen LogP contribution in [0, 0.1) is 0 Å². The molecule has 0 unspecified atom stereocenters. The van der Waals surface area contributed by atoms with E-state index in [0.29, 0.717) is 23.7 Å². The minimum absolute atomic E-state index is 0.236. The van der Waals surface area contributed by atoms with Crippen molar-refractivity contribution in [2.75, 3.05) is 27.4 Å². The summed E-state index contributed by atoms with van der Waals surface area (Å²) in [5, 5.41) is 8.71. The van der Waals surface area contributed by atoms with E-state index in [4.69, 9.17) is 24.1 Å². The fourth-order valence-electron chi connectivity index (χ4n) is 2.47. The molecular weight excluding hydrogens is 376 g/mol. The molecule has 0 radical (unpaired) electrons. The lowest BCUT2D eigenvalue weighted by atomic mass is 10.1. The third-order valence-electron chi connectivity index (χ3n) is 3.88. The van der Waals surface area contributed by atoms with Crippen molar-refractivity contribution in [3.05, 3.63) is 53.6 Å². The molecule has 0 heterocycles. The maximum absolute atomic E-state index is 12.5. The smallest absolute Gasteiger partial charge is 0.341 e. The second-order valence-corrected chi connectivity index (χ2v) is 6.00. The summed E-state index contributed by atoms with van der Waals surface area (Å²) >= 11 is 0. The second kappa shape index (κ2) is 10.8. The van der Waals surface area contributed by atoms with Gasteiger partial charge < -0.3 is 24.1 Å². The zero-order valence-electron chi connectivity index (χ0n) is 16.6. The Morgan fingerprint density at radius 3 is 2.31 bits per heavy atom. The first kappa shape index (κ1) is 21.8. The summed E-state index contributed by atoms with van der Waals surface area (Å²) in [6.07, 6.45) is 4.00. The topological polar surface area (TPSA) is 91.3 Å². The largest absolute Gasteiger partial charge is 0.493 e. The number of hydrogen-bond donors (Lipinski definition) is 1. The predicted octanol–water partition coefficient (Wildman–Crippen LogP) is 3.85. The fraction of sp³-hybridized carbons (Fsp3) is 0.273. The number of carboxylic acids is 1. The van der Waals surface area contributed by atoms with Crippen LogP contribution in [-0.4, -0.2) is 44.3 Å². The molecule has 0 saturated heterocycles. The molecule has 29 heavy (non-hydrogen) atoms. The number of hydrogen-bond acceptors (Lipinski definition) is 6. The first-order chi connectivity index (χ1) is 14.0. The van der Waals surface area contributed by atoms with Crippen molar-refractivity contribution in [2.24, 2.45) is 0 Å². The average Bonchev–Trinajstić information content (AvgIpc) is 2.74. The lowest BCUT2D eigenvalue weighted by Gasteiger charge is -2.11. The van der Waals surface area contributed by atoms with Gasteiger partial charge in [0.1, 0.15) is 0 Å². The molecule has 0 fully saturated rings. The SMILES string of the molecule is CCCOc1cc(/C=C/C(=O)c2ccc(OCC(=O)O)c(OC)c2)ccc1OC. The van der Waals surface area contributed by atoms with Crippen molar-refractivity contribution in [3.63, 3.8) is 0 Å². The van der Waals surface area contributed by atoms with Gasteiger partial charge in [0.2, 0.25) is 0 Å². The molecule has 0 bridgehead atoms. The van der Waals surface area contributed by atoms with Crippen molar-refractivity contribution in [2.45, 2.75) is 13.3 Å². The molecule has 2 aromatic rings. The van der Waals surface area contributed by atoms with E-state index in [2.05, 4.69) is 0 Å². The van der Waals surface area contributed by atoms with Crippen LogP contribution in [0.1, 0.15) is 29.3 Å². The summed E-state index contributed by atoms with van der Waals surface area (Å²) < 4.78 is 21.3. The molecule has 0 atom stereocenters. The van der Waals surface area contributed by atoms with Gasteiger partial charge in [-0.05, 0) is 48.4 Å². The minimum Gasteiger partial charge on any atom is -0.493 e. The molecule has 0 spiro atoms. The van der Waals surface area contributed by atoms with Gasteiger partial charge in [-0.25, -0.2) is 4.79 Å². The van der Waals surface area contributed by atoms with Crippen LogP contribution in [0.15, 0.2) is 42.5 Å². The summed E-state index contributed by atoms with van der Waals surface area (Å²) in [4.78, 5) is 23.2. The molecule has 7 heteroatoms. The zero-order chi connectivity index (χ0) is 21.2. The highest BCUT2D eigenvalue weighted by atomic mass is 16.5. The number of ketones is 1. The van der Waals surface area contributed by atoms with Crippen LogP contribution in [0.2, 0.25) is 0 Å². The minimum atomic E-state index is -1.10. The van der Waals surface area contributed by atoms with Gasteiger partial charge in [-0.2, -0.15) is 0 Å². The first-order valence-electron chi connectivity index (χ1n) is 9.04. The van der Waals surface area contributed by atoms with Gasteiger partial charge in [0, 0.05) is 5.56 Å². The Bertz CT molecular complexity index is 887. The Morgan fingerprint density at radius 2 is 1.66 bits per heavy atom. The molecule has 154 valence electrons. The molecule has 0 amide bonds. The number of carbonyl (C=O) groups is 2. The molecule has 2 rings (SSSR count). The third kappa shape index (κ3) is 6.27. The maximum atomic E-state index is 12.5. The number of rotatable bonds is 11. The highest BCUT2D eigenvalue weighted by Crippen LogP contribution is 2.30. The molecule has 7 nitrogen and oxygen atoms in total.